The molecule has 5 atom stereocenters. The Morgan fingerprint density at radius 1 is 1.12 bits per heavy atom. The van der Waals surface area contributed by atoms with Crippen LogP contribution in [0.5, 0.6) is 5.75 Å². The van der Waals surface area contributed by atoms with Crippen LogP contribution in [0.4, 0.5) is 0 Å². The number of fused-ring (bicyclic) bond motifs is 3. The highest BCUT2D eigenvalue weighted by Gasteiger charge is 2.60. The molecule has 0 aliphatic heterocycles. The smallest absolute Gasteiger partial charge is 0.251 e. The van der Waals surface area contributed by atoms with Crippen molar-refractivity contribution in [3.05, 3.63) is 70.0 Å². The second kappa shape index (κ2) is 10.9. The quantitative estimate of drug-likeness (QED) is 0.288. The molecule has 5 rings (SSSR count). The number of primary amides is 1. The maximum Gasteiger partial charge on any atom is 0.251 e. The predicted molar refractivity (Wildman–Crippen MR) is 159 cm³/mol. The zero-order valence-corrected chi connectivity index (χ0v) is 24.5. The third-order valence-corrected chi connectivity index (χ3v) is 9.23. The Balaban J connectivity index is 1.63. The van der Waals surface area contributed by atoms with Crippen LogP contribution in [0.1, 0.15) is 30.0 Å². The third kappa shape index (κ3) is 4.68. The molecular weight excluding hydrogens is 536 g/mol. The Bertz CT molecular complexity index is 1510. The molecule has 3 aliphatic carbocycles. The van der Waals surface area contributed by atoms with Gasteiger partial charge in [0.05, 0.1) is 23.1 Å². The van der Waals surface area contributed by atoms with Crippen LogP contribution in [0.15, 0.2) is 53.3 Å². The van der Waals surface area contributed by atoms with Crippen molar-refractivity contribution in [2.45, 2.75) is 38.0 Å². The van der Waals surface area contributed by atoms with Crippen LogP contribution in [0.25, 0.3) is 16.9 Å². The molecule has 0 spiro atoms. The molecule has 1 fully saturated rings. The number of carbonyl (C=O) groups is 2. The van der Waals surface area contributed by atoms with Crippen LogP contribution in [0, 0.1) is 17.8 Å². The monoisotopic (exact) mass is 576 g/mol. The molecule has 0 bridgehead atoms. The number of amides is 1. The lowest BCUT2D eigenvalue weighted by Gasteiger charge is -2.52. The summed E-state index contributed by atoms with van der Waals surface area (Å²) in [5.41, 5.74) is 12.7. The van der Waals surface area contributed by atoms with Gasteiger partial charge in [-0.3, -0.25) is 14.5 Å². The Kier molecular flexibility index (Phi) is 7.69. The fourth-order valence-corrected chi connectivity index (χ4v) is 7.60. The number of hydrogen-bond acceptors (Lipinski definition) is 9. The summed E-state index contributed by atoms with van der Waals surface area (Å²) in [6.45, 7) is 3.33. The minimum absolute atomic E-state index is 0.122. The van der Waals surface area contributed by atoms with Crippen LogP contribution < -0.4 is 11.5 Å². The number of benzene rings is 2. The Labute approximate surface area is 245 Å². The number of carbonyl (C=O) groups excluding carboxylic acids is 2. The average Bonchev–Trinajstić information content (AvgIpc) is 2.87. The van der Waals surface area contributed by atoms with Gasteiger partial charge in [-0.05, 0) is 87.1 Å². The SMILES string of the molecule is CN(CCN)Cc1cccc(-c2ccc(O)c3c2CC2CC4C(C(=O)C2=C3O)[C@@](C)(O)C(C(N)=O)=C(O)[C@H]4N(C)C)c1. The van der Waals surface area contributed by atoms with Gasteiger partial charge in [0.15, 0.2) is 5.78 Å². The molecule has 0 aromatic heterocycles. The summed E-state index contributed by atoms with van der Waals surface area (Å²) in [7, 11) is 5.46. The summed E-state index contributed by atoms with van der Waals surface area (Å²) in [5, 5.41) is 45.2. The molecule has 0 heterocycles. The van der Waals surface area contributed by atoms with Crippen molar-refractivity contribution in [1.29, 1.82) is 0 Å². The number of Topliss-reactive ketones (excluding diaryl/α,β-unsaturated/α-hetero) is 1. The number of rotatable bonds is 7. The Morgan fingerprint density at radius 3 is 2.48 bits per heavy atom. The summed E-state index contributed by atoms with van der Waals surface area (Å²) in [6, 6.07) is 10.7. The molecule has 3 aliphatic rings. The van der Waals surface area contributed by atoms with E-state index in [-0.39, 0.29) is 28.4 Å². The number of likely N-dealkylation sites (N-methyl/N-ethyl adjacent to an activating group) is 2. The Hall–Kier alpha value is -3.70. The van der Waals surface area contributed by atoms with Crippen molar-refractivity contribution in [2.24, 2.45) is 29.2 Å². The van der Waals surface area contributed by atoms with Crippen LogP contribution in [0.3, 0.4) is 0 Å². The first-order valence-corrected chi connectivity index (χ1v) is 14.2. The second-order valence-electron chi connectivity index (χ2n) is 12.3. The molecular formula is C32H40N4O6. The van der Waals surface area contributed by atoms with Crippen LogP contribution in [-0.2, 0) is 22.6 Å². The molecule has 8 N–H and O–H groups in total. The van der Waals surface area contributed by atoms with E-state index in [4.69, 9.17) is 11.5 Å². The number of aromatic hydroxyl groups is 1. The van der Waals surface area contributed by atoms with Gasteiger partial charge in [0.2, 0.25) is 0 Å². The first-order chi connectivity index (χ1) is 19.8. The topological polar surface area (TPSA) is 174 Å². The van der Waals surface area contributed by atoms with Gasteiger partial charge in [-0.2, -0.15) is 0 Å². The number of hydrogen-bond donors (Lipinski definition) is 6. The van der Waals surface area contributed by atoms with Gasteiger partial charge in [-0.15, -0.1) is 0 Å². The first kappa shape index (κ1) is 29.8. The Morgan fingerprint density at radius 2 is 1.83 bits per heavy atom. The molecule has 224 valence electrons. The predicted octanol–water partition coefficient (Wildman–Crippen LogP) is 2.09. The van der Waals surface area contributed by atoms with Crippen molar-refractivity contribution in [3.8, 4) is 16.9 Å². The fraction of sp³-hybridized carbons (Fsp3) is 0.438. The van der Waals surface area contributed by atoms with E-state index in [9.17, 15) is 30.0 Å². The van der Waals surface area contributed by atoms with Gasteiger partial charge >= 0.3 is 0 Å². The van der Waals surface area contributed by atoms with Gasteiger partial charge in [-0.25, -0.2) is 0 Å². The van der Waals surface area contributed by atoms with Crippen molar-refractivity contribution < 1.29 is 30.0 Å². The molecule has 1 amide bonds. The maximum atomic E-state index is 14.2. The second-order valence-corrected chi connectivity index (χ2v) is 12.3. The molecule has 0 saturated heterocycles. The zero-order valence-electron chi connectivity index (χ0n) is 24.5. The van der Waals surface area contributed by atoms with E-state index in [1.165, 1.54) is 13.0 Å². The minimum Gasteiger partial charge on any atom is -0.510 e. The lowest BCUT2D eigenvalue weighted by Crippen LogP contribution is -2.61. The van der Waals surface area contributed by atoms with E-state index in [0.717, 1.165) is 28.8 Å². The van der Waals surface area contributed by atoms with Crippen LogP contribution in [0.2, 0.25) is 0 Å². The lowest BCUT2D eigenvalue weighted by molar-refractivity contribution is -0.139. The standard InChI is InChI=1S/C32H40N4O6/c1-32(42)25-21(27(35(2)3)30(40)26(32)31(34)41)14-18-13-20-19(8-9-22(37)24(20)28(38)23(18)29(25)39)17-7-5-6-16(12-17)15-36(4)11-10-33/h5-9,12,18,21,25,27,37-38,40,42H,10-11,13-15,33H2,1-4H3,(H2,34,41)/t18?,21?,25?,27-,32+/m0/s1. The number of nitrogens with zero attached hydrogens (tertiary/aromatic N) is 2. The molecule has 2 aromatic carbocycles. The van der Waals surface area contributed by atoms with Crippen molar-refractivity contribution >= 4 is 17.4 Å². The molecule has 1 saturated carbocycles. The van der Waals surface area contributed by atoms with Crippen LogP contribution >= 0.6 is 0 Å². The van der Waals surface area contributed by atoms with Crippen molar-refractivity contribution in [2.75, 3.05) is 34.2 Å². The number of phenolic OH excluding ortho intramolecular Hbond substituents is 1. The molecule has 42 heavy (non-hydrogen) atoms. The van der Waals surface area contributed by atoms with Gasteiger partial charge in [-0.1, -0.05) is 24.3 Å². The number of ketones is 1. The summed E-state index contributed by atoms with van der Waals surface area (Å²) in [6.07, 6.45) is 0.712. The minimum atomic E-state index is -2.05. The van der Waals surface area contributed by atoms with Gasteiger partial charge in [0.1, 0.15) is 22.9 Å². The van der Waals surface area contributed by atoms with Crippen molar-refractivity contribution in [3.63, 3.8) is 0 Å². The van der Waals surface area contributed by atoms with E-state index in [1.807, 2.05) is 31.3 Å². The number of allylic oxidation sites excluding steroid dienone is 1. The zero-order chi connectivity index (χ0) is 30.7. The number of aliphatic hydroxyl groups is 3. The summed E-state index contributed by atoms with van der Waals surface area (Å²) in [4.78, 5) is 30.4. The largest absolute Gasteiger partial charge is 0.510 e. The normalized spacial score (nSPS) is 27.3. The highest BCUT2D eigenvalue weighted by atomic mass is 16.3. The summed E-state index contributed by atoms with van der Waals surface area (Å²) >= 11 is 0. The lowest BCUT2D eigenvalue weighted by atomic mass is 9.55. The summed E-state index contributed by atoms with van der Waals surface area (Å²) in [5.74, 6) is -4.47. The first-order valence-electron chi connectivity index (χ1n) is 14.2. The van der Waals surface area contributed by atoms with Gasteiger partial charge in [0.25, 0.3) is 5.91 Å². The molecule has 10 heteroatoms. The third-order valence-electron chi connectivity index (χ3n) is 9.23. The van der Waals surface area contributed by atoms with Crippen molar-refractivity contribution in [1.82, 2.24) is 9.80 Å². The van der Waals surface area contributed by atoms with E-state index < -0.39 is 46.7 Å². The van der Waals surface area contributed by atoms with E-state index in [0.29, 0.717) is 25.9 Å². The fourth-order valence-electron chi connectivity index (χ4n) is 7.60. The highest BCUT2D eigenvalue weighted by Crippen LogP contribution is 2.54. The van der Waals surface area contributed by atoms with Crippen LogP contribution in [-0.4, -0.2) is 87.8 Å². The van der Waals surface area contributed by atoms with Gasteiger partial charge in [0, 0.05) is 25.2 Å². The molecule has 0 radical (unpaired) electrons. The van der Waals surface area contributed by atoms with E-state index in [2.05, 4.69) is 11.0 Å². The molecule has 2 aromatic rings. The molecule has 3 unspecified atom stereocenters. The van der Waals surface area contributed by atoms with E-state index in [1.54, 1.807) is 19.0 Å². The average molecular weight is 577 g/mol. The maximum absolute atomic E-state index is 14.2. The molecule has 10 nitrogen and oxygen atoms in total. The highest BCUT2D eigenvalue weighted by molar-refractivity contribution is 6.08. The van der Waals surface area contributed by atoms with E-state index >= 15 is 0 Å². The number of nitrogens with two attached hydrogens (primary N) is 2. The summed E-state index contributed by atoms with van der Waals surface area (Å²) < 4.78 is 0. The number of aliphatic hydroxyl groups excluding tert-OH is 2. The number of phenols is 1. The van der Waals surface area contributed by atoms with Gasteiger partial charge < -0.3 is 36.8 Å².